The highest BCUT2D eigenvalue weighted by molar-refractivity contribution is 5.93. The minimum absolute atomic E-state index is 0.0607. The fourth-order valence-corrected chi connectivity index (χ4v) is 1.72. The van der Waals surface area contributed by atoms with Crippen LogP contribution in [0.25, 0.3) is 0 Å². The molecule has 1 aromatic rings. The molecule has 106 valence electrons. The Morgan fingerprint density at radius 1 is 1.47 bits per heavy atom. The van der Waals surface area contributed by atoms with E-state index in [1.54, 1.807) is 26.4 Å². The molecule has 0 aliphatic carbocycles. The number of carbonyl (C=O) groups is 1. The van der Waals surface area contributed by atoms with Gasteiger partial charge in [0.2, 0.25) is 0 Å². The van der Waals surface area contributed by atoms with Gasteiger partial charge in [-0.25, -0.2) is 0 Å². The molecular formula is C14H22N2O3. The second-order valence-electron chi connectivity index (χ2n) is 5.66. The van der Waals surface area contributed by atoms with Gasteiger partial charge >= 0.3 is 0 Å². The first-order valence-corrected chi connectivity index (χ1v) is 6.23. The maximum absolute atomic E-state index is 11.9. The lowest BCUT2D eigenvalue weighted by Gasteiger charge is -2.29. The van der Waals surface area contributed by atoms with E-state index in [4.69, 9.17) is 4.74 Å². The monoisotopic (exact) mass is 266 g/mol. The van der Waals surface area contributed by atoms with Crippen LogP contribution in [-0.4, -0.2) is 30.2 Å². The molecule has 1 rings (SSSR count). The van der Waals surface area contributed by atoms with Gasteiger partial charge < -0.3 is 14.6 Å². The zero-order valence-electron chi connectivity index (χ0n) is 12.2. The van der Waals surface area contributed by atoms with Crippen LogP contribution in [-0.2, 0) is 11.8 Å². The summed E-state index contributed by atoms with van der Waals surface area (Å²) >= 11 is 0. The Balaban J connectivity index is 2.70. The second-order valence-corrected chi connectivity index (χ2v) is 5.66. The minimum atomic E-state index is -0.260. The molecule has 0 radical (unpaired) electrons. The maximum Gasteiger partial charge on any atom is 0.251 e. The van der Waals surface area contributed by atoms with Crippen molar-refractivity contribution < 1.29 is 9.53 Å². The molecule has 1 N–H and O–H groups in total. The Morgan fingerprint density at radius 2 is 2.11 bits per heavy atom. The van der Waals surface area contributed by atoms with Crippen LogP contribution in [0.1, 0.15) is 31.1 Å². The van der Waals surface area contributed by atoms with E-state index in [0.717, 1.165) is 0 Å². The zero-order valence-corrected chi connectivity index (χ0v) is 12.2. The Morgan fingerprint density at radius 3 is 2.58 bits per heavy atom. The van der Waals surface area contributed by atoms with Crippen LogP contribution in [0.3, 0.4) is 0 Å². The lowest BCUT2D eigenvalue weighted by molar-refractivity contribution is 0.0176. The van der Waals surface area contributed by atoms with Crippen LogP contribution in [0.5, 0.6) is 0 Å². The first-order valence-electron chi connectivity index (χ1n) is 6.23. The Hall–Kier alpha value is -1.62. The van der Waals surface area contributed by atoms with Crippen molar-refractivity contribution in [1.82, 2.24) is 9.88 Å². The fraction of sp³-hybridized carbons (Fsp3) is 0.571. The molecule has 0 spiro atoms. The number of nitrogens with zero attached hydrogens (tertiary/aromatic N) is 1. The van der Waals surface area contributed by atoms with E-state index < -0.39 is 0 Å². The third kappa shape index (κ3) is 4.21. The number of carbonyl (C=O) groups excluding carboxylic acids is 1. The molecule has 0 aromatic carbocycles. The van der Waals surface area contributed by atoms with E-state index in [9.17, 15) is 9.59 Å². The second kappa shape index (κ2) is 6.02. The third-order valence-corrected chi connectivity index (χ3v) is 3.06. The largest absolute Gasteiger partial charge is 0.379 e. The van der Waals surface area contributed by atoms with Gasteiger partial charge in [-0.05, 0) is 11.5 Å². The first kappa shape index (κ1) is 15.4. The number of rotatable bonds is 4. The van der Waals surface area contributed by atoms with Gasteiger partial charge in [0, 0.05) is 38.5 Å². The highest BCUT2D eigenvalue weighted by Crippen LogP contribution is 2.20. The van der Waals surface area contributed by atoms with Crippen LogP contribution in [0.4, 0.5) is 0 Å². The number of hydrogen-bond acceptors (Lipinski definition) is 3. The summed E-state index contributed by atoms with van der Waals surface area (Å²) in [6, 6.07) is 2.95. The zero-order chi connectivity index (χ0) is 14.6. The standard InChI is InChI=1S/C14H22N2O3/c1-14(2,3)11(19-5)9-15-13(18)10-6-7-16(4)12(17)8-10/h6-8,11H,9H2,1-5H3,(H,15,18)/t11-/m1/s1. The summed E-state index contributed by atoms with van der Waals surface area (Å²) in [5, 5.41) is 2.79. The minimum Gasteiger partial charge on any atom is -0.379 e. The van der Waals surface area contributed by atoms with Crippen LogP contribution in [0.2, 0.25) is 0 Å². The Bertz CT molecular complexity index is 500. The number of ether oxygens (including phenoxy) is 1. The molecule has 0 unspecified atom stereocenters. The van der Waals surface area contributed by atoms with Crippen molar-refractivity contribution in [1.29, 1.82) is 0 Å². The van der Waals surface area contributed by atoms with Gasteiger partial charge in [-0.2, -0.15) is 0 Å². The molecule has 0 bridgehead atoms. The molecule has 1 heterocycles. The van der Waals surface area contributed by atoms with Gasteiger partial charge in [-0.1, -0.05) is 20.8 Å². The molecule has 5 heteroatoms. The number of nitrogens with one attached hydrogen (secondary N) is 1. The Labute approximate surface area is 113 Å². The van der Waals surface area contributed by atoms with E-state index in [0.29, 0.717) is 12.1 Å². The van der Waals surface area contributed by atoms with E-state index in [2.05, 4.69) is 5.32 Å². The van der Waals surface area contributed by atoms with Gasteiger partial charge in [0.15, 0.2) is 0 Å². The number of pyridine rings is 1. The third-order valence-electron chi connectivity index (χ3n) is 3.06. The van der Waals surface area contributed by atoms with Crippen molar-refractivity contribution >= 4 is 5.91 Å². The fourth-order valence-electron chi connectivity index (χ4n) is 1.72. The molecule has 0 aliphatic rings. The molecular weight excluding hydrogens is 244 g/mol. The lowest BCUT2D eigenvalue weighted by Crippen LogP contribution is -2.40. The molecule has 1 atom stereocenters. The van der Waals surface area contributed by atoms with E-state index >= 15 is 0 Å². The van der Waals surface area contributed by atoms with Crippen molar-refractivity contribution in [2.75, 3.05) is 13.7 Å². The summed E-state index contributed by atoms with van der Waals surface area (Å²) in [5.74, 6) is -0.260. The smallest absolute Gasteiger partial charge is 0.251 e. The normalized spacial score (nSPS) is 13.1. The molecule has 1 aromatic heterocycles. The SMILES string of the molecule is CO[C@H](CNC(=O)c1ccn(C)c(=O)c1)C(C)(C)C. The number of methoxy groups -OCH3 is 1. The predicted octanol–water partition coefficient (Wildman–Crippen LogP) is 1.18. The topological polar surface area (TPSA) is 60.3 Å². The number of hydrogen-bond donors (Lipinski definition) is 1. The molecule has 5 nitrogen and oxygen atoms in total. The van der Waals surface area contributed by atoms with Crippen molar-refractivity contribution in [2.24, 2.45) is 12.5 Å². The van der Waals surface area contributed by atoms with Crippen molar-refractivity contribution in [3.8, 4) is 0 Å². The quantitative estimate of drug-likeness (QED) is 0.890. The van der Waals surface area contributed by atoms with Crippen molar-refractivity contribution in [3.63, 3.8) is 0 Å². The molecule has 0 saturated heterocycles. The number of aromatic nitrogens is 1. The molecule has 1 amide bonds. The summed E-state index contributed by atoms with van der Waals surface area (Å²) < 4.78 is 6.78. The molecule has 0 fully saturated rings. The van der Waals surface area contributed by atoms with Gasteiger partial charge in [-0.15, -0.1) is 0 Å². The predicted molar refractivity (Wildman–Crippen MR) is 74.3 cm³/mol. The van der Waals surface area contributed by atoms with Gasteiger partial charge in [0.25, 0.3) is 11.5 Å². The highest BCUT2D eigenvalue weighted by Gasteiger charge is 2.24. The lowest BCUT2D eigenvalue weighted by atomic mass is 9.89. The summed E-state index contributed by atoms with van der Waals surface area (Å²) in [4.78, 5) is 23.4. The van der Waals surface area contributed by atoms with Crippen LogP contribution in [0, 0.1) is 5.41 Å². The summed E-state index contributed by atoms with van der Waals surface area (Å²) in [6.45, 7) is 6.55. The van der Waals surface area contributed by atoms with Crippen LogP contribution < -0.4 is 10.9 Å². The van der Waals surface area contributed by atoms with Crippen molar-refractivity contribution in [2.45, 2.75) is 26.9 Å². The van der Waals surface area contributed by atoms with Crippen LogP contribution >= 0.6 is 0 Å². The Kier molecular flexibility index (Phi) is 4.89. The molecule has 0 aliphatic heterocycles. The molecule has 0 saturated carbocycles. The average Bonchev–Trinajstić information content (AvgIpc) is 2.31. The van der Waals surface area contributed by atoms with Gasteiger partial charge in [0.1, 0.15) is 0 Å². The number of amides is 1. The maximum atomic E-state index is 11.9. The summed E-state index contributed by atoms with van der Waals surface area (Å²) in [7, 11) is 3.27. The molecule has 19 heavy (non-hydrogen) atoms. The van der Waals surface area contributed by atoms with Gasteiger partial charge in [-0.3, -0.25) is 9.59 Å². The van der Waals surface area contributed by atoms with E-state index in [-0.39, 0.29) is 23.0 Å². The number of aryl methyl sites for hydroxylation is 1. The average molecular weight is 266 g/mol. The van der Waals surface area contributed by atoms with E-state index in [1.165, 1.54) is 10.6 Å². The van der Waals surface area contributed by atoms with Crippen LogP contribution in [0.15, 0.2) is 23.1 Å². The first-order chi connectivity index (χ1) is 8.75. The van der Waals surface area contributed by atoms with Crippen molar-refractivity contribution in [3.05, 3.63) is 34.2 Å². The van der Waals surface area contributed by atoms with E-state index in [1.807, 2.05) is 20.8 Å². The highest BCUT2D eigenvalue weighted by atomic mass is 16.5. The van der Waals surface area contributed by atoms with Gasteiger partial charge in [0.05, 0.1) is 6.10 Å². The summed E-state index contributed by atoms with van der Waals surface area (Å²) in [6.07, 6.45) is 1.50. The summed E-state index contributed by atoms with van der Waals surface area (Å²) in [5.41, 5.74) is 0.105.